The summed E-state index contributed by atoms with van der Waals surface area (Å²) in [6.07, 6.45) is 5.92. The number of pyridine rings is 1. The van der Waals surface area contributed by atoms with Crippen molar-refractivity contribution < 1.29 is 14.3 Å². The molecule has 1 aromatic carbocycles. The minimum atomic E-state index is -0.145. The van der Waals surface area contributed by atoms with Crippen LogP contribution < -0.4 is 20.3 Å². The van der Waals surface area contributed by atoms with Crippen molar-refractivity contribution in [3.05, 3.63) is 52.9 Å². The fourth-order valence-electron chi connectivity index (χ4n) is 5.61. The zero-order valence-electron chi connectivity index (χ0n) is 22.5. The second kappa shape index (κ2) is 11.7. The van der Waals surface area contributed by atoms with Gasteiger partial charge in [-0.05, 0) is 55.0 Å². The molecule has 2 aromatic rings. The van der Waals surface area contributed by atoms with Crippen molar-refractivity contribution in [1.29, 1.82) is 10.7 Å². The molecule has 204 valence electrons. The lowest BCUT2D eigenvalue weighted by atomic mass is 9.92. The summed E-state index contributed by atoms with van der Waals surface area (Å²) in [7, 11) is 3.21. The molecule has 0 radical (unpaired) electrons. The second-order valence-corrected chi connectivity index (χ2v) is 10.0. The quantitative estimate of drug-likeness (QED) is 0.400. The Bertz CT molecular complexity index is 1330. The summed E-state index contributed by atoms with van der Waals surface area (Å²) in [6, 6.07) is 10.2. The van der Waals surface area contributed by atoms with E-state index in [0.29, 0.717) is 49.4 Å². The summed E-state index contributed by atoms with van der Waals surface area (Å²) in [5.74, 6) is 0.869. The lowest BCUT2D eigenvalue weighted by Crippen LogP contribution is -2.48. The van der Waals surface area contributed by atoms with E-state index in [2.05, 4.69) is 27.8 Å². The Balaban J connectivity index is 1.51. The number of nitrogens with one attached hydrogen (secondary N) is 3. The molecule has 0 unspecified atom stereocenters. The summed E-state index contributed by atoms with van der Waals surface area (Å²) < 4.78 is 10.8. The minimum Gasteiger partial charge on any atom is -0.481 e. The van der Waals surface area contributed by atoms with Crippen LogP contribution in [0.1, 0.15) is 36.8 Å². The van der Waals surface area contributed by atoms with Crippen LogP contribution in [0.5, 0.6) is 5.88 Å². The number of carbonyl (C=O) groups is 1. The molecule has 39 heavy (non-hydrogen) atoms. The number of nitriles is 1. The molecule has 10 nitrogen and oxygen atoms in total. The van der Waals surface area contributed by atoms with Gasteiger partial charge in [0.25, 0.3) is 0 Å². The van der Waals surface area contributed by atoms with Crippen LogP contribution in [0.15, 0.2) is 41.7 Å². The number of rotatable bonds is 5. The van der Waals surface area contributed by atoms with E-state index in [0.717, 1.165) is 72.5 Å². The Morgan fingerprint density at radius 2 is 2.05 bits per heavy atom. The first kappa shape index (κ1) is 26.5. The Kier molecular flexibility index (Phi) is 7.98. The number of aromatic nitrogens is 1. The second-order valence-electron chi connectivity index (χ2n) is 10.0. The van der Waals surface area contributed by atoms with Crippen LogP contribution in [-0.2, 0) is 11.2 Å². The fraction of sp³-hybridized carbons (Fsp3) is 0.448. The topological polar surface area (TPSA) is 127 Å². The molecule has 0 aliphatic carbocycles. The SMILES string of the molecule is CNC(=O)N1CCC(NC2CCOCC2)=C(C(=N)N2CCCc3cc(-c4ccnc(OC)c4)c(C#N)cc32)C1. The highest BCUT2D eigenvalue weighted by atomic mass is 16.5. The number of urea groups is 1. The summed E-state index contributed by atoms with van der Waals surface area (Å²) in [4.78, 5) is 20.5. The number of anilines is 1. The van der Waals surface area contributed by atoms with Crippen LogP contribution in [0.3, 0.4) is 0 Å². The summed E-state index contributed by atoms with van der Waals surface area (Å²) >= 11 is 0. The molecular formula is C29H35N7O3. The van der Waals surface area contributed by atoms with Gasteiger partial charge in [-0.1, -0.05) is 0 Å². The van der Waals surface area contributed by atoms with Gasteiger partial charge in [-0.3, -0.25) is 5.41 Å². The van der Waals surface area contributed by atoms with Crippen molar-refractivity contribution in [2.24, 2.45) is 0 Å². The molecule has 3 N–H and O–H groups in total. The van der Waals surface area contributed by atoms with Crippen LogP contribution in [0, 0.1) is 16.7 Å². The predicted octanol–water partition coefficient (Wildman–Crippen LogP) is 3.43. The van der Waals surface area contributed by atoms with Gasteiger partial charge in [-0.15, -0.1) is 0 Å². The molecule has 1 aromatic heterocycles. The molecule has 3 aliphatic rings. The molecule has 0 bridgehead atoms. The monoisotopic (exact) mass is 529 g/mol. The first-order chi connectivity index (χ1) is 19.0. The summed E-state index contributed by atoms with van der Waals surface area (Å²) in [5.41, 5.74) is 6.05. The van der Waals surface area contributed by atoms with Crippen molar-refractivity contribution in [2.45, 2.75) is 38.1 Å². The van der Waals surface area contributed by atoms with E-state index in [1.165, 1.54) is 0 Å². The highest BCUT2D eigenvalue weighted by molar-refractivity contribution is 6.09. The van der Waals surface area contributed by atoms with E-state index in [-0.39, 0.29) is 6.03 Å². The molecule has 5 rings (SSSR count). The number of nitrogens with zero attached hydrogens (tertiary/aromatic N) is 4. The van der Waals surface area contributed by atoms with Crippen LogP contribution in [0.4, 0.5) is 10.5 Å². The molecule has 4 heterocycles. The lowest BCUT2D eigenvalue weighted by Gasteiger charge is -2.38. The number of aryl methyl sites for hydroxylation is 1. The number of amides is 2. The standard InChI is InChI=1S/C29H35N7O3/c1-32-29(37)35-11-6-25(34-22-7-12-39-13-8-22)24(18-35)28(31)36-10-3-4-20-14-23(21(17-30)15-26(20)36)19-5-9-33-27(16-19)38-2/h5,9,14-16,22,31,34H,3-4,6-8,10-13,18H2,1-2H3,(H,32,37). The number of ether oxygens (including phenoxy) is 2. The van der Waals surface area contributed by atoms with Crippen LogP contribution >= 0.6 is 0 Å². The molecule has 0 saturated carbocycles. The number of methoxy groups -OCH3 is 1. The van der Waals surface area contributed by atoms with Crippen molar-refractivity contribution in [3.63, 3.8) is 0 Å². The smallest absolute Gasteiger partial charge is 0.317 e. The van der Waals surface area contributed by atoms with E-state index >= 15 is 0 Å². The lowest BCUT2D eigenvalue weighted by molar-refractivity contribution is 0.0798. The predicted molar refractivity (Wildman–Crippen MR) is 149 cm³/mol. The van der Waals surface area contributed by atoms with E-state index in [4.69, 9.17) is 9.47 Å². The van der Waals surface area contributed by atoms with Gasteiger partial charge < -0.3 is 29.9 Å². The average molecular weight is 530 g/mol. The third-order valence-electron chi connectivity index (χ3n) is 7.71. The zero-order valence-corrected chi connectivity index (χ0v) is 22.5. The molecule has 10 heteroatoms. The Morgan fingerprint density at radius 1 is 1.23 bits per heavy atom. The molecular weight excluding hydrogens is 494 g/mol. The molecule has 2 amide bonds. The number of hydrogen-bond donors (Lipinski definition) is 3. The van der Waals surface area contributed by atoms with Crippen LogP contribution in [0.25, 0.3) is 11.1 Å². The molecule has 0 spiro atoms. The van der Waals surface area contributed by atoms with Gasteiger partial charge in [-0.25, -0.2) is 9.78 Å². The average Bonchev–Trinajstić information content (AvgIpc) is 3.00. The largest absolute Gasteiger partial charge is 0.481 e. The van der Waals surface area contributed by atoms with E-state index < -0.39 is 0 Å². The third-order valence-corrected chi connectivity index (χ3v) is 7.71. The highest BCUT2D eigenvalue weighted by Gasteiger charge is 2.31. The maximum Gasteiger partial charge on any atom is 0.317 e. The number of carbonyl (C=O) groups excluding carboxylic acids is 1. The van der Waals surface area contributed by atoms with E-state index in [1.807, 2.05) is 23.1 Å². The van der Waals surface area contributed by atoms with Gasteiger partial charge in [0.05, 0.1) is 25.3 Å². The van der Waals surface area contributed by atoms with Crippen LogP contribution in [-0.4, -0.2) is 74.8 Å². The van der Waals surface area contributed by atoms with Gasteiger partial charge in [0.1, 0.15) is 5.84 Å². The number of amidine groups is 1. The Morgan fingerprint density at radius 3 is 2.79 bits per heavy atom. The maximum absolute atomic E-state index is 12.5. The van der Waals surface area contributed by atoms with Crippen molar-refractivity contribution in [1.82, 2.24) is 20.5 Å². The zero-order chi connectivity index (χ0) is 27.4. The summed E-state index contributed by atoms with van der Waals surface area (Å²) in [6.45, 7) is 3.08. The fourth-order valence-corrected chi connectivity index (χ4v) is 5.61. The third kappa shape index (κ3) is 5.54. The molecule has 0 atom stereocenters. The van der Waals surface area contributed by atoms with Gasteiger partial charge >= 0.3 is 6.03 Å². The van der Waals surface area contributed by atoms with Gasteiger partial charge in [-0.2, -0.15) is 5.26 Å². The van der Waals surface area contributed by atoms with Crippen molar-refractivity contribution >= 4 is 17.6 Å². The van der Waals surface area contributed by atoms with Crippen molar-refractivity contribution in [2.75, 3.05) is 51.9 Å². The van der Waals surface area contributed by atoms with Crippen molar-refractivity contribution in [3.8, 4) is 23.1 Å². The van der Waals surface area contributed by atoms with E-state index in [9.17, 15) is 15.5 Å². The maximum atomic E-state index is 12.5. The Hall–Kier alpha value is -4.10. The first-order valence-electron chi connectivity index (χ1n) is 13.5. The van der Waals surface area contributed by atoms with Gasteiger partial charge in [0.2, 0.25) is 5.88 Å². The van der Waals surface area contributed by atoms with E-state index in [1.54, 1.807) is 25.3 Å². The highest BCUT2D eigenvalue weighted by Crippen LogP contribution is 2.36. The molecule has 1 saturated heterocycles. The van der Waals surface area contributed by atoms with Crippen LogP contribution in [0.2, 0.25) is 0 Å². The normalized spacial score (nSPS) is 17.8. The number of hydrogen-bond acceptors (Lipinski definition) is 7. The molecule has 1 fully saturated rings. The summed E-state index contributed by atoms with van der Waals surface area (Å²) in [5, 5.41) is 25.9. The number of fused-ring (bicyclic) bond motifs is 1. The van der Waals surface area contributed by atoms with Gasteiger partial charge in [0.15, 0.2) is 0 Å². The Labute approximate surface area is 229 Å². The minimum absolute atomic E-state index is 0.145. The van der Waals surface area contributed by atoms with Gasteiger partial charge in [0, 0.05) is 80.6 Å². The molecule has 3 aliphatic heterocycles. The first-order valence-corrected chi connectivity index (χ1v) is 13.5. The number of benzene rings is 1.